The number of benzene rings is 2. The Labute approximate surface area is 177 Å². The van der Waals surface area contributed by atoms with Crippen LogP contribution in [0, 0.1) is 0 Å². The third kappa shape index (κ3) is 6.56. The number of likely N-dealkylation sites (tertiary alicyclic amines) is 1. The fraction of sp³-hybridized carbons (Fsp3) is 0.455. The van der Waals surface area contributed by atoms with Crippen LogP contribution in [0.2, 0.25) is 10.0 Å². The predicted molar refractivity (Wildman–Crippen MR) is 116 cm³/mol. The van der Waals surface area contributed by atoms with Gasteiger partial charge in [-0.3, -0.25) is 0 Å². The molecule has 0 saturated carbocycles. The van der Waals surface area contributed by atoms with Gasteiger partial charge in [-0.1, -0.05) is 35.3 Å². The van der Waals surface area contributed by atoms with Crippen LogP contribution in [0.5, 0.6) is 11.5 Å². The van der Waals surface area contributed by atoms with Crippen molar-refractivity contribution in [2.45, 2.75) is 25.4 Å². The van der Waals surface area contributed by atoms with Crippen LogP contribution in [0.4, 0.5) is 0 Å². The van der Waals surface area contributed by atoms with E-state index in [4.69, 9.17) is 32.7 Å². The standard InChI is InChI=1S/C22H28Cl2N2O2/c1-27-18-4-2-17(3-5-18)8-11-25-12-15-26-13-9-19(10-14-26)28-20-6-7-21(23)22(24)16-20/h2-7,16,19,25H,8-15H2,1H3. The maximum atomic E-state index is 6.06. The Kier molecular flexibility index (Phi) is 8.28. The summed E-state index contributed by atoms with van der Waals surface area (Å²) in [6, 6.07) is 13.7. The molecule has 1 fully saturated rings. The monoisotopic (exact) mass is 422 g/mol. The number of ether oxygens (including phenoxy) is 2. The van der Waals surface area contributed by atoms with Crippen molar-refractivity contribution < 1.29 is 9.47 Å². The highest BCUT2D eigenvalue weighted by atomic mass is 35.5. The van der Waals surface area contributed by atoms with E-state index in [2.05, 4.69) is 22.3 Å². The largest absolute Gasteiger partial charge is 0.497 e. The summed E-state index contributed by atoms with van der Waals surface area (Å²) < 4.78 is 11.2. The molecule has 1 heterocycles. The summed E-state index contributed by atoms with van der Waals surface area (Å²) in [5.74, 6) is 1.70. The molecule has 0 bridgehead atoms. The molecule has 0 atom stereocenters. The van der Waals surface area contributed by atoms with Crippen LogP contribution in [0.25, 0.3) is 0 Å². The van der Waals surface area contributed by atoms with Crippen LogP contribution in [0.15, 0.2) is 42.5 Å². The molecular weight excluding hydrogens is 395 g/mol. The summed E-state index contributed by atoms with van der Waals surface area (Å²) in [6.45, 7) is 5.19. The van der Waals surface area contributed by atoms with Crippen LogP contribution < -0.4 is 14.8 Å². The lowest BCUT2D eigenvalue weighted by atomic mass is 10.1. The quantitative estimate of drug-likeness (QED) is 0.594. The molecule has 1 aliphatic rings. The molecule has 0 aliphatic carbocycles. The molecular formula is C22H28Cl2N2O2. The van der Waals surface area contributed by atoms with E-state index in [0.29, 0.717) is 10.0 Å². The van der Waals surface area contributed by atoms with Crippen LogP contribution >= 0.6 is 23.2 Å². The van der Waals surface area contributed by atoms with Crippen molar-refractivity contribution in [1.29, 1.82) is 0 Å². The minimum atomic E-state index is 0.247. The number of hydrogen-bond acceptors (Lipinski definition) is 4. The van der Waals surface area contributed by atoms with Crippen molar-refractivity contribution in [2.24, 2.45) is 0 Å². The molecule has 1 saturated heterocycles. The van der Waals surface area contributed by atoms with Gasteiger partial charge < -0.3 is 19.7 Å². The van der Waals surface area contributed by atoms with Gasteiger partial charge in [-0.15, -0.1) is 0 Å². The highest BCUT2D eigenvalue weighted by Gasteiger charge is 2.20. The number of nitrogens with one attached hydrogen (secondary N) is 1. The van der Waals surface area contributed by atoms with E-state index in [1.165, 1.54) is 5.56 Å². The lowest BCUT2D eigenvalue weighted by Gasteiger charge is -2.32. The fourth-order valence-corrected chi connectivity index (χ4v) is 3.67. The Hall–Kier alpha value is -1.46. The van der Waals surface area contributed by atoms with E-state index in [1.807, 2.05) is 18.2 Å². The number of hydrogen-bond donors (Lipinski definition) is 1. The maximum absolute atomic E-state index is 6.06. The zero-order valence-corrected chi connectivity index (χ0v) is 17.8. The lowest BCUT2D eigenvalue weighted by Crippen LogP contribution is -2.41. The molecule has 0 aromatic heterocycles. The third-order valence-corrected chi connectivity index (χ3v) is 5.82. The van der Waals surface area contributed by atoms with Gasteiger partial charge in [-0.05, 0) is 55.6 Å². The van der Waals surface area contributed by atoms with Gasteiger partial charge >= 0.3 is 0 Å². The topological polar surface area (TPSA) is 33.7 Å². The Bertz CT molecular complexity index is 732. The lowest BCUT2D eigenvalue weighted by molar-refractivity contribution is 0.101. The van der Waals surface area contributed by atoms with Crippen molar-refractivity contribution in [3.8, 4) is 11.5 Å². The van der Waals surface area contributed by atoms with E-state index in [-0.39, 0.29) is 6.10 Å². The zero-order chi connectivity index (χ0) is 19.8. The van der Waals surface area contributed by atoms with E-state index in [1.54, 1.807) is 19.2 Å². The van der Waals surface area contributed by atoms with E-state index in [0.717, 1.165) is 63.5 Å². The molecule has 0 unspecified atom stereocenters. The minimum Gasteiger partial charge on any atom is -0.497 e. The second-order valence-corrected chi connectivity index (χ2v) is 7.90. The molecule has 152 valence electrons. The van der Waals surface area contributed by atoms with Gasteiger partial charge in [0.2, 0.25) is 0 Å². The van der Waals surface area contributed by atoms with Gasteiger partial charge in [0.25, 0.3) is 0 Å². The second-order valence-electron chi connectivity index (χ2n) is 7.08. The number of methoxy groups -OCH3 is 1. The Morgan fingerprint density at radius 3 is 2.36 bits per heavy atom. The summed E-state index contributed by atoms with van der Waals surface area (Å²) in [7, 11) is 1.69. The van der Waals surface area contributed by atoms with Crippen LogP contribution in [0.1, 0.15) is 18.4 Å². The first-order chi connectivity index (χ1) is 13.6. The van der Waals surface area contributed by atoms with Gasteiger partial charge in [-0.25, -0.2) is 0 Å². The smallest absolute Gasteiger partial charge is 0.121 e. The summed E-state index contributed by atoms with van der Waals surface area (Å²) in [4.78, 5) is 2.50. The molecule has 0 amide bonds. The van der Waals surface area contributed by atoms with Gasteiger partial charge in [0, 0.05) is 32.2 Å². The first-order valence-electron chi connectivity index (χ1n) is 9.82. The first kappa shape index (κ1) is 21.3. The molecule has 4 nitrogen and oxygen atoms in total. The zero-order valence-electron chi connectivity index (χ0n) is 16.3. The minimum absolute atomic E-state index is 0.247. The normalized spacial score (nSPS) is 15.5. The van der Waals surface area contributed by atoms with Crippen molar-refractivity contribution in [2.75, 3.05) is 39.8 Å². The number of piperidine rings is 1. The van der Waals surface area contributed by atoms with E-state index >= 15 is 0 Å². The van der Waals surface area contributed by atoms with Crippen LogP contribution in [-0.2, 0) is 6.42 Å². The van der Waals surface area contributed by atoms with Crippen molar-refractivity contribution in [3.63, 3.8) is 0 Å². The summed E-state index contributed by atoms with van der Waals surface area (Å²) in [6.07, 6.45) is 3.35. The van der Waals surface area contributed by atoms with E-state index < -0.39 is 0 Å². The molecule has 3 rings (SSSR count). The molecule has 1 aliphatic heterocycles. The fourth-order valence-electron chi connectivity index (χ4n) is 3.38. The van der Waals surface area contributed by atoms with Gasteiger partial charge in [0.15, 0.2) is 0 Å². The van der Waals surface area contributed by atoms with Gasteiger partial charge in [0.1, 0.15) is 17.6 Å². The Balaban J connectivity index is 1.28. The van der Waals surface area contributed by atoms with Crippen molar-refractivity contribution >= 4 is 23.2 Å². The third-order valence-electron chi connectivity index (χ3n) is 5.08. The van der Waals surface area contributed by atoms with Crippen molar-refractivity contribution in [1.82, 2.24) is 10.2 Å². The summed E-state index contributed by atoms with van der Waals surface area (Å²) >= 11 is 12.0. The van der Waals surface area contributed by atoms with Crippen LogP contribution in [-0.4, -0.2) is 50.8 Å². The molecule has 0 spiro atoms. The second kappa shape index (κ2) is 10.9. The molecule has 2 aromatic rings. The SMILES string of the molecule is COc1ccc(CCNCCN2CCC(Oc3ccc(Cl)c(Cl)c3)CC2)cc1. The molecule has 2 aromatic carbocycles. The number of rotatable bonds is 9. The average molecular weight is 423 g/mol. The average Bonchev–Trinajstić information content (AvgIpc) is 2.72. The van der Waals surface area contributed by atoms with Gasteiger partial charge in [0.05, 0.1) is 17.2 Å². The summed E-state index contributed by atoms with van der Waals surface area (Å²) in [5, 5.41) is 4.64. The molecule has 6 heteroatoms. The molecule has 28 heavy (non-hydrogen) atoms. The number of nitrogens with zero attached hydrogens (tertiary/aromatic N) is 1. The predicted octanol–water partition coefficient (Wildman–Crippen LogP) is 4.68. The van der Waals surface area contributed by atoms with Gasteiger partial charge in [-0.2, -0.15) is 0 Å². The first-order valence-corrected chi connectivity index (χ1v) is 10.6. The highest BCUT2D eigenvalue weighted by Crippen LogP contribution is 2.28. The summed E-state index contributed by atoms with van der Waals surface area (Å²) in [5.41, 5.74) is 1.33. The molecule has 0 radical (unpaired) electrons. The van der Waals surface area contributed by atoms with E-state index in [9.17, 15) is 0 Å². The Morgan fingerprint density at radius 1 is 0.964 bits per heavy atom. The highest BCUT2D eigenvalue weighted by molar-refractivity contribution is 6.42. The van der Waals surface area contributed by atoms with Crippen molar-refractivity contribution in [3.05, 3.63) is 58.1 Å². The Morgan fingerprint density at radius 2 is 1.68 bits per heavy atom. The van der Waals surface area contributed by atoms with Crippen LogP contribution in [0.3, 0.4) is 0 Å². The number of halogens is 2. The maximum Gasteiger partial charge on any atom is 0.121 e. The molecule has 1 N–H and O–H groups in total.